The van der Waals surface area contributed by atoms with Crippen molar-refractivity contribution in [1.29, 1.82) is 0 Å². The van der Waals surface area contributed by atoms with Crippen LogP contribution in [0.2, 0.25) is 0 Å². The molecule has 0 saturated heterocycles. The lowest BCUT2D eigenvalue weighted by molar-refractivity contribution is -0.137. The summed E-state index contributed by atoms with van der Waals surface area (Å²) >= 11 is 1.44. The maximum atomic E-state index is 12.9. The zero-order chi connectivity index (χ0) is 26.0. The van der Waals surface area contributed by atoms with Crippen LogP contribution in [0.15, 0.2) is 94.9 Å². The molecule has 2 heterocycles. The number of anilines is 3. The van der Waals surface area contributed by atoms with Crippen LogP contribution < -0.4 is 16.0 Å². The Morgan fingerprint density at radius 3 is 2.32 bits per heavy atom. The number of halogens is 3. The number of carbonyl (C=O) groups is 2. The maximum absolute atomic E-state index is 12.9. The summed E-state index contributed by atoms with van der Waals surface area (Å²) in [4.78, 5) is 29.6. The highest BCUT2D eigenvalue weighted by Gasteiger charge is 2.30. The summed E-state index contributed by atoms with van der Waals surface area (Å²) < 4.78 is 38.7. The lowest BCUT2D eigenvalue weighted by atomic mass is 10.1. The van der Waals surface area contributed by atoms with E-state index < -0.39 is 17.8 Å². The second-order valence-electron chi connectivity index (χ2n) is 8.13. The Kier molecular flexibility index (Phi) is 6.49. The molecular formula is C27H19F3N4O2S. The summed E-state index contributed by atoms with van der Waals surface area (Å²) in [5.41, 5.74) is 2.59. The monoisotopic (exact) mass is 520 g/mol. The number of carbonyl (C=O) groups excluding carboxylic acids is 2. The van der Waals surface area contributed by atoms with Crippen LogP contribution >= 0.6 is 11.8 Å². The highest BCUT2D eigenvalue weighted by molar-refractivity contribution is 7.99. The number of aromatic amines is 1. The molecule has 1 aromatic heterocycles. The molecule has 0 aliphatic carbocycles. The molecule has 5 rings (SSSR count). The number of rotatable bonds is 5. The molecule has 3 aromatic carbocycles. The molecule has 4 N–H and O–H groups in total. The van der Waals surface area contributed by atoms with Crippen molar-refractivity contribution in [3.63, 3.8) is 0 Å². The molecule has 10 heteroatoms. The average molecular weight is 521 g/mol. The van der Waals surface area contributed by atoms with E-state index in [2.05, 4.69) is 20.9 Å². The van der Waals surface area contributed by atoms with Gasteiger partial charge in [-0.15, -0.1) is 0 Å². The number of hydrogen-bond donors (Lipinski definition) is 4. The van der Waals surface area contributed by atoms with Crippen LogP contribution in [0.3, 0.4) is 0 Å². The summed E-state index contributed by atoms with van der Waals surface area (Å²) in [6, 6.07) is 20.2. The van der Waals surface area contributed by atoms with E-state index in [4.69, 9.17) is 0 Å². The molecule has 0 spiro atoms. The zero-order valence-corrected chi connectivity index (χ0v) is 19.8. The number of amides is 3. The molecule has 0 unspecified atom stereocenters. The van der Waals surface area contributed by atoms with Gasteiger partial charge in [0.2, 0.25) is 0 Å². The molecular weight excluding hydrogens is 501 g/mol. The molecule has 0 radical (unpaired) electrons. The van der Waals surface area contributed by atoms with Gasteiger partial charge < -0.3 is 20.9 Å². The fourth-order valence-electron chi connectivity index (χ4n) is 3.81. The minimum absolute atomic E-state index is 0.0303. The minimum atomic E-state index is -4.50. The Morgan fingerprint density at radius 1 is 0.865 bits per heavy atom. The maximum Gasteiger partial charge on any atom is 0.416 e. The van der Waals surface area contributed by atoms with Gasteiger partial charge in [-0.1, -0.05) is 30.0 Å². The predicted molar refractivity (Wildman–Crippen MR) is 138 cm³/mol. The molecule has 186 valence electrons. The van der Waals surface area contributed by atoms with Gasteiger partial charge in [0.1, 0.15) is 0 Å². The largest absolute Gasteiger partial charge is 0.416 e. The molecule has 6 nitrogen and oxygen atoms in total. The Morgan fingerprint density at radius 2 is 1.59 bits per heavy atom. The first-order valence-corrected chi connectivity index (χ1v) is 11.9. The first-order valence-electron chi connectivity index (χ1n) is 11.1. The summed E-state index contributed by atoms with van der Waals surface area (Å²) in [7, 11) is 0. The van der Waals surface area contributed by atoms with Gasteiger partial charge in [0.05, 0.1) is 16.8 Å². The van der Waals surface area contributed by atoms with Crippen molar-refractivity contribution in [2.45, 2.75) is 16.0 Å². The van der Waals surface area contributed by atoms with E-state index in [0.29, 0.717) is 16.9 Å². The summed E-state index contributed by atoms with van der Waals surface area (Å²) in [5, 5.41) is 7.95. The highest BCUT2D eigenvalue weighted by atomic mass is 32.2. The second kappa shape index (κ2) is 9.90. The number of H-pyrrole nitrogens is 1. The SMILES string of the molecule is O=C(Nc1cccc(Sc2ccc3c(c2)NC(=O)/C3=C\c2ccc[nH]2)c1)Nc1cccc(C(F)(F)F)c1. The van der Waals surface area contributed by atoms with Crippen LogP contribution in [-0.4, -0.2) is 16.9 Å². The molecule has 0 fully saturated rings. The number of fused-ring (bicyclic) bond motifs is 1. The number of benzene rings is 3. The third kappa shape index (κ3) is 5.70. The fourth-order valence-corrected chi connectivity index (χ4v) is 4.73. The van der Waals surface area contributed by atoms with Gasteiger partial charge in [0.25, 0.3) is 5.91 Å². The van der Waals surface area contributed by atoms with E-state index in [9.17, 15) is 22.8 Å². The number of aromatic nitrogens is 1. The first kappa shape index (κ1) is 24.3. The number of hydrogen-bond acceptors (Lipinski definition) is 3. The van der Waals surface area contributed by atoms with Crippen LogP contribution in [0.1, 0.15) is 16.8 Å². The molecule has 0 atom stereocenters. The van der Waals surface area contributed by atoms with Gasteiger partial charge >= 0.3 is 12.2 Å². The summed E-state index contributed by atoms with van der Waals surface area (Å²) in [6.45, 7) is 0. The van der Waals surface area contributed by atoms with E-state index >= 15 is 0 Å². The van der Waals surface area contributed by atoms with Crippen LogP contribution in [0, 0.1) is 0 Å². The standard InChI is InChI=1S/C27H19F3N4O2S/c28-27(29,30)16-4-1-5-18(12-16)32-26(36)33-19-6-2-8-20(13-19)37-21-9-10-22-23(14-17-7-3-11-31-17)25(35)34-24(22)15-21/h1-15,31H,(H,34,35)(H2,32,33,36)/b23-14-. The van der Waals surface area contributed by atoms with Gasteiger partial charge in [-0.25, -0.2) is 4.79 Å². The normalized spacial score (nSPS) is 13.8. The van der Waals surface area contributed by atoms with Gasteiger partial charge in [-0.2, -0.15) is 13.2 Å². The number of nitrogens with one attached hydrogen (secondary N) is 4. The number of alkyl halides is 3. The zero-order valence-electron chi connectivity index (χ0n) is 19.0. The van der Waals surface area contributed by atoms with E-state index in [1.165, 1.54) is 23.9 Å². The third-order valence-corrected chi connectivity index (χ3v) is 6.45. The minimum Gasteiger partial charge on any atom is -0.362 e. The van der Waals surface area contributed by atoms with Gasteiger partial charge in [0.15, 0.2) is 0 Å². The predicted octanol–water partition coefficient (Wildman–Crippen LogP) is 7.32. The summed E-state index contributed by atoms with van der Waals surface area (Å²) in [5.74, 6) is -0.176. The van der Waals surface area contributed by atoms with E-state index in [0.717, 1.165) is 33.2 Å². The van der Waals surface area contributed by atoms with E-state index in [-0.39, 0.29) is 11.6 Å². The van der Waals surface area contributed by atoms with Crippen LogP contribution in [0.25, 0.3) is 11.6 Å². The van der Waals surface area contributed by atoms with Crippen molar-refractivity contribution >= 4 is 52.4 Å². The molecule has 0 saturated carbocycles. The lowest BCUT2D eigenvalue weighted by Crippen LogP contribution is -2.19. The fraction of sp³-hybridized carbons (Fsp3) is 0.0370. The Bertz CT molecular complexity index is 1510. The van der Waals surface area contributed by atoms with Crippen molar-refractivity contribution in [3.8, 4) is 0 Å². The van der Waals surface area contributed by atoms with Crippen molar-refractivity contribution < 1.29 is 22.8 Å². The highest BCUT2D eigenvalue weighted by Crippen LogP contribution is 2.38. The number of urea groups is 1. The van der Waals surface area contributed by atoms with Crippen molar-refractivity contribution in [3.05, 3.63) is 102 Å². The Hall–Kier alpha value is -4.44. The molecule has 4 aromatic rings. The van der Waals surface area contributed by atoms with E-state index in [1.807, 2.05) is 36.4 Å². The molecule has 37 heavy (non-hydrogen) atoms. The van der Waals surface area contributed by atoms with Crippen LogP contribution in [0.5, 0.6) is 0 Å². The average Bonchev–Trinajstić information content (AvgIpc) is 3.46. The molecule has 1 aliphatic rings. The molecule has 1 aliphatic heterocycles. The quantitative estimate of drug-likeness (QED) is 0.208. The smallest absolute Gasteiger partial charge is 0.362 e. The van der Waals surface area contributed by atoms with Gasteiger partial charge in [-0.05, 0) is 66.7 Å². The molecule has 3 amide bonds. The topological polar surface area (TPSA) is 86.0 Å². The Labute approximate surface area is 214 Å². The van der Waals surface area contributed by atoms with E-state index in [1.54, 1.807) is 30.5 Å². The summed E-state index contributed by atoms with van der Waals surface area (Å²) in [6.07, 6.45) is -0.911. The van der Waals surface area contributed by atoms with Gasteiger partial charge in [0, 0.05) is 38.6 Å². The third-order valence-electron chi connectivity index (χ3n) is 5.47. The lowest BCUT2D eigenvalue weighted by Gasteiger charge is -2.11. The second-order valence-corrected chi connectivity index (χ2v) is 9.28. The van der Waals surface area contributed by atoms with Crippen molar-refractivity contribution in [2.75, 3.05) is 16.0 Å². The van der Waals surface area contributed by atoms with Crippen molar-refractivity contribution in [2.24, 2.45) is 0 Å². The van der Waals surface area contributed by atoms with Crippen LogP contribution in [0.4, 0.5) is 35.0 Å². The first-order chi connectivity index (χ1) is 17.7. The molecule has 0 bridgehead atoms. The Balaban J connectivity index is 1.26. The van der Waals surface area contributed by atoms with Crippen LogP contribution in [-0.2, 0) is 11.0 Å². The van der Waals surface area contributed by atoms with Gasteiger partial charge in [-0.3, -0.25) is 4.79 Å². The van der Waals surface area contributed by atoms with Crippen molar-refractivity contribution in [1.82, 2.24) is 4.98 Å².